The molecule has 1 aromatic carbocycles. The standard InChI is InChI=1S/C21H21F3N4O6S/c1-3-27-8-10-6-12(26-35(2,33)34)16-13(18(29)19(30)17(21(27)32)28(10)16)20(31)25-7-9-4-5-11(22)15(24)14(9)23/h4-5,10,12,26,30H,3,6-8H2,1-2H3,(H,25,31)/t10-,12-/m1/s1. The third kappa shape index (κ3) is 4.16. The first-order chi connectivity index (χ1) is 16.4. The molecule has 188 valence electrons. The highest BCUT2D eigenvalue weighted by Crippen LogP contribution is 2.42. The molecule has 0 spiro atoms. The Bertz CT molecular complexity index is 1430. The summed E-state index contributed by atoms with van der Waals surface area (Å²) >= 11 is 0. The van der Waals surface area contributed by atoms with Crippen LogP contribution in [0.25, 0.3) is 0 Å². The van der Waals surface area contributed by atoms with Gasteiger partial charge >= 0.3 is 0 Å². The van der Waals surface area contributed by atoms with Crippen LogP contribution in [0.5, 0.6) is 5.75 Å². The number of rotatable bonds is 6. The fraction of sp³-hybridized carbons (Fsp3) is 0.381. The number of carbonyl (C=O) groups is 2. The van der Waals surface area contributed by atoms with E-state index in [0.29, 0.717) is 6.07 Å². The van der Waals surface area contributed by atoms with Gasteiger partial charge in [-0.25, -0.2) is 26.3 Å². The molecule has 2 amide bonds. The van der Waals surface area contributed by atoms with Gasteiger partial charge in [-0.05, 0) is 19.4 Å². The van der Waals surface area contributed by atoms with Crippen LogP contribution in [-0.4, -0.2) is 54.2 Å². The number of nitrogens with one attached hydrogen (secondary N) is 2. The van der Waals surface area contributed by atoms with Gasteiger partial charge in [0.25, 0.3) is 11.8 Å². The van der Waals surface area contributed by atoms with Gasteiger partial charge in [0.2, 0.25) is 15.5 Å². The van der Waals surface area contributed by atoms with Gasteiger partial charge in [0, 0.05) is 25.2 Å². The minimum absolute atomic E-state index is 0.0881. The number of benzene rings is 1. The van der Waals surface area contributed by atoms with Gasteiger partial charge < -0.3 is 19.9 Å². The van der Waals surface area contributed by atoms with E-state index >= 15 is 0 Å². The van der Waals surface area contributed by atoms with Crippen LogP contribution in [0.1, 0.15) is 57.5 Å². The number of likely N-dealkylation sites (N-methyl/N-ethyl adjacent to an activating group) is 1. The Morgan fingerprint density at radius 3 is 2.51 bits per heavy atom. The number of pyridine rings is 1. The van der Waals surface area contributed by atoms with Crippen LogP contribution in [0, 0.1) is 17.5 Å². The second kappa shape index (κ2) is 8.68. The second-order valence-corrected chi connectivity index (χ2v) is 10.1. The number of halogens is 3. The molecule has 0 saturated heterocycles. The highest BCUT2D eigenvalue weighted by molar-refractivity contribution is 7.88. The SMILES string of the molecule is CCN1C[C@H]2C[C@@H](NS(C)(=O)=O)c3c(C(=O)NCc4ccc(F)c(F)c4F)c(=O)c(O)c(n32)C1=O. The van der Waals surface area contributed by atoms with Crippen molar-refractivity contribution in [3.8, 4) is 5.75 Å². The van der Waals surface area contributed by atoms with Crippen molar-refractivity contribution in [3.63, 3.8) is 0 Å². The molecular weight excluding hydrogens is 493 g/mol. The molecule has 2 atom stereocenters. The molecule has 0 unspecified atom stereocenters. The highest BCUT2D eigenvalue weighted by atomic mass is 32.2. The van der Waals surface area contributed by atoms with Crippen molar-refractivity contribution in [1.29, 1.82) is 0 Å². The van der Waals surface area contributed by atoms with Gasteiger partial charge in [0.1, 0.15) is 5.56 Å². The average Bonchev–Trinajstić information content (AvgIpc) is 3.11. The minimum Gasteiger partial charge on any atom is -0.503 e. The maximum atomic E-state index is 14.0. The Morgan fingerprint density at radius 2 is 1.89 bits per heavy atom. The normalized spacial score (nSPS) is 19.1. The van der Waals surface area contributed by atoms with Gasteiger partial charge in [-0.3, -0.25) is 14.4 Å². The largest absolute Gasteiger partial charge is 0.503 e. The number of hydrogen-bond acceptors (Lipinski definition) is 6. The average molecular weight is 514 g/mol. The fourth-order valence-corrected chi connectivity index (χ4v) is 5.30. The number of carbonyl (C=O) groups excluding carboxylic acids is 2. The predicted octanol–water partition coefficient (Wildman–Crippen LogP) is 0.912. The lowest BCUT2D eigenvalue weighted by Crippen LogP contribution is -2.44. The third-order valence-electron chi connectivity index (χ3n) is 6.07. The maximum Gasteiger partial charge on any atom is 0.274 e. The van der Waals surface area contributed by atoms with Gasteiger partial charge in [-0.15, -0.1) is 0 Å². The topological polar surface area (TPSA) is 138 Å². The summed E-state index contributed by atoms with van der Waals surface area (Å²) in [7, 11) is -3.83. The molecule has 3 N–H and O–H groups in total. The third-order valence-corrected chi connectivity index (χ3v) is 6.78. The number of amides is 2. The summed E-state index contributed by atoms with van der Waals surface area (Å²) < 4.78 is 68.3. The number of aromatic hydroxyl groups is 1. The van der Waals surface area contributed by atoms with E-state index in [1.807, 2.05) is 0 Å². The van der Waals surface area contributed by atoms with Gasteiger partial charge in [0.05, 0.1) is 24.0 Å². The van der Waals surface area contributed by atoms with Crippen molar-refractivity contribution in [2.75, 3.05) is 19.3 Å². The van der Waals surface area contributed by atoms with Gasteiger partial charge in [0.15, 0.2) is 28.9 Å². The van der Waals surface area contributed by atoms with Crippen molar-refractivity contribution < 1.29 is 36.3 Å². The van der Waals surface area contributed by atoms with Crippen LogP contribution < -0.4 is 15.5 Å². The van der Waals surface area contributed by atoms with E-state index in [4.69, 9.17) is 0 Å². The van der Waals surface area contributed by atoms with Crippen LogP contribution in [-0.2, 0) is 16.6 Å². The zero-order valence-electron chi connectivity index (χ0n) is 18.6. The van der Waals surface area contributed by atoms with Crippen LogP contribution in [0.4, 0.5) is 13.2 Å². The molecule has 0 aliphatic carbocycles. The second-order valence-electron chi connectivity index (χ2n) is 8.35. The fourth-order valence-electron chi connectivity index (χ4n) is 4.58. The van der Waals surface area contributed by atoms with Crippen LogP contribution in [0.2, 0.25) is 0 Å². The van der Waals surface area contributed by atoms with Crippen molar-refractivity contribution in [2.45, 2.75) is 32.0 Å². The summed E-state index contributed by atoms with van der Waals surface area (Å²) in [6.07, 6.45) is 0.976. The molecular formula is C21H21F3N4O6S. The summed E-state index contributed by atoms with van der Waals surface area (Å²) in [4.78, 5) is 40.4. The van der Waals surface area contributed by atoms with Crippen LogP contribution in [0.15, 0.2) is 16.9 Å². The predicted molar refractivity (Wildman–Crippen MR) is 116 cm³/mol. The van der Waals surface area contributed by atoms with E-state index in [1.165, 1.54) is 9.47 Å². The lowest BCUT2D eigenvalue weighted by Gasteiger charge is -2.33. The van der Waals surface area contributed by atoms with Crippen LogP contribution in [0.3, 0.4) is 0 Å². The molecule has 35 heavy (non-hydrogen) atoms. The molecule has 2 aliphatic rings. The van der Waals surface area contributed by atoms with E-state index in [9.17, 15) is 41.1 Å². The Morgan fingerprint density at radius 1 is 1.20 bits per heavy atom. The van der Waals surface area contributed by atoms with E-state index < -0.39 is 80.2 Å². The van der Waals surface area contributed by atoms with Crippen molar-refractivity contribution in [2.24, 2.45) is 0 Å². The quantitative estimate of drug-likeness (QED) is 0.490. The molecule has 0 fully saturated rings. The summed E-state index contributed by atoms with van der Waals surface area (Å²) in [5.41, 5.74) is -2.75. The van der Waals surface area contributed by atoms with Gasteiger partial charge in [-0.1, -0.05) is 6.07 Å². The smallest absolute Gasteiger partial charge is 0.274 e. The lowest BCUT2D eigenvalue weighted by atomic mass is 10.0. The Balaban J connectivity index is 1.82. The molecule has 4 rings (SSSR count). The molecule has 0 bridgehead atoms. The molecule has 3 heterocycles. The van der Waals surface area contributed by atoms with E-state index in [0.717, 1.165) is 12.3 Å². The van der Waals surface area contributed by atoms with E-state index in [2.05, 4.69) is 10.0 Å². The molecule has 2 aliphatic heterocycles. The zero-order valence-corrected chi connectivity index (χ0v) is 19.4. The van der Waals surface area contributed by atoms with Crippen molar-refractivity contribution >= 4 is 21.8 Å². The lowest BCUT2D eigenvalue weighted by molar-refractivity contribution is 0.0675. The molecule has 0 saturated carbocycles. The molecule has 1 aromatic heterocycles. The van der Waals surface area contributed by atoms with Gasteiger partial charge in [-0.2, -0.15) is 0 Å². The Labute approximate surface area is 197 Å². The first kappa shape index (κ1) is 24.7. The Kier molecular flexibility index (Phi) is 6.13. The maximum absolute atomic E-state index is 14.0. The number of hydrogen-bond donors (Lipinski definition) is 3. The van der Waals surface area contributed by atoms with Crippen LogP contribution >= 0.6 is 0 Å². The van der Waals surface area contributed by atoms with E-state index in [-0.39, 0.29) is 30.9 Å². The number of nitrogens with zero attached hydrogens (tertiary/aromatic N) is 2. The molecule has 2 aromatic rings. The molecule has 0 radical (unpaired) electrons. The minimum atomic E-state index is -3.83. The molecule has 14 heteroatoms. The summed E-state index contributed by atoms with van der Waals surface area (Å²) in [5.74, 6) is -7.44. The van der Waals surface area contributed by atoms with Crippen molar-refractivity contribution in [1.82, 2.24) is 19.5 Å². The molecule has 10 nitrogen and oxygen atoms in total. The summed E-state index contributed by atoms with van der Waals surface area (Å²) in [6.45, 7) is 1.48. The van der Waals surface area contributed by atoms with E-state index in [1.54, 1.807) is 6.92 Å². The van der Waals surface area contributed by atoms with Crippen molar-refractivity contribution in [3.05, 3.63) is 62.3 Å². The highest BCUT2D eigenvalue weighted by Gasteiger charge is 2.45. The monoisotopic (exact) mass is 514 g/mol. The number of aromatic nitrogens is 1. The first-order valence-electron chi connectivity index (χ1n) is 10.5. The zero-order chi connectivity index (χ0) is 25.8. The first-order valence-corrected chi connectivity index (χ1v) is 12.4. The summed E-state index contributed by atoms with van der Waals surface area (Å²) in [6, 6.07) is -0.0429. The Hall–Kier alpha value is -3.39. The number of sulfonamides is 1. The summed E-state index contributed by atoms with van der Waals surface area (Å²) in [5, 5.41) is 12.8.